The van der Waals surface area contributed by atoms with Crippen molar-refractivity contribution in [2.24, 2.45) is 11.8 Å². The summed E-state index contributed by atoms with van der Waals surface area (Å²) in [6, 6.07) is -0.463. The van der Waals surface area contributed by atoms with Gasteiger partial charge >= 0.3 is 0 Å². The van der Waals surface area contributed by atoms with Crippen LogP contribution in [-0.2, 0) is 9.59 Å². The Morgan fingerprint density at radius 1 is 1.53 bits per heavy atom. The number of piperazine rings is 1. The largest absolute Gasteiger partial charge is 0.340 e. The molecule has 5 heteroatoms. The first-order chi connectivity index (χ1) is 8.77. The van der Waals surface area contributed by atoms with Gasteiger partial charge in [-0.15, -0.1) is 0 Å². The second kappa shape index (κ2) is 4.82. The van der Waals surface area contributed by atoms with Gasteiger partial charge in [0.05, 0.1) is 6.54 Å². The lowest BCUT2D eigenvalue weighted by Crippen LogP contribution is -2.71. The van der Waals surface area contributed by atoms with Crippen molar-refractivity contribution in [1.82, 2.24) is 10.2 Å². The Balaban J connectivity index is 2.33. The minimum Gasteiger partial charge on any atom is -0.340 e. The van der Waals surface area contributed by atoms with Gasteiger partial charge in [0.25, 0.3) is 0 Å². The lowest BCUT2D eigenvalue weighted by Gasteiger charge is -2.46. The highest BCUT2D eigenvalue weighted by atomic mass is 35.5. The molecule has 1 saturated heterocycles. The quantitative estimate of drug-likeness (QED) is 0.857. The van der Waals surface area contributed by atoms with E-state index in [1.165, 1.54) is 0 Å². The maximum Gasteiger partial charge on any atom is 0.249 e. The molecule has 1 aliphatic carbocycles. The van der Waals surface area contributed by atoms with Crippen LogP contribution in [0.4, 0.5) is 0 Å². The molecule has 0 aromatic heterocycles. The summed E-state index contributed by atoms with van der Waals surface area (Å²) in [5.74, 6) is 0.184. The van der Waals surface area contributed by atoms with Crippen LogP contribution in [0.15, 0.2) is 11.6 Å². The highest BCUT2D eigenvalue weighted by Gasteiger charge is 2.55. The molecule has 4 nitrogen and oxygen atoms in total. The van der Waals surface area contributed by atoms with E-state index in [9.17, 15) is 9.59 Å². The van der Waals surface area contributed by atoms with E-state index in [0.29, 0.717) is 5.03 Å². The number of halogens is 1. The van der Waals surface area contributed by atoms with Crippen molar-refractivity contribution in [3.05, 3.63) is 11.6 Å². The highest BCUT2D eigenvalue weighted by Crippen LogP contribution is 2.42. The summed E-state index contributed by atoms with van der Waals surface area (Å²) < 4.78 is 0. The summed E-state index contributed by atoms with van der Waals surface area (Å²) in [4.78, 5) is 26.7. The van der Waals surface area contributed by atoms with Crippen molar-refractivity contribution in [3.63, 3.8) is 0 Å². The van der Waals surface area contributed by atoms with Gasteiger partial charge in [0, 0.05) is 5.03 Å². The number of hydrogen-bond donors (Lipinski definition) is 1. The summed E-state index contributed by atoms with van der Waals surface area (Å²) >= 11 is 5.86. The van der Waals surface area contributed by atoms with Crippen LogP contribution in [-0.4, -0.2) is 34.8 Å². The van der Waals surface area contributed by atoms with Crippen molar-refractivity contribution < 1.29 is 9.59 Å². The molecule has 1 aliphatic heterocycles. The first-order valence-electron chi connectivity index (χ1n) is 6.73. The molecule has 2 atom stereocenters. The van der Waals surface area contributed by atoms with Crippen molar-refractivity contribution in [2.45, 2.75) is 45.2 Å². The first kappa shape index (κ1) is 14.4. The Morgan fingerprint density at radius 3 is 2.53 bits per heavy atom. The van der Waals surface area contributed by atoms with Crippen LogP contribution in [0.25, 0.3) is 0 Å². The van der Waals surface area contributed by atoms with E-state index < -0.39 is 11.6 Å². The molecule has 0 aromatic carbocycles. The average Bonchev–Trinajstić information content (AvgIpc) is 3.07. The van der Waals surface area contributed by atoms with Crippen LogP contribution in [0.1, 0.15) is 33.6 Å². The van der Waals surface area contributed by atoms with Crippen molar-refractivity contribution in [2.75, 3.05) is 6.54 Å². The molecule has 0 spiro atoms. The Kier molecular flexibility index (Phi) is 3.65. The molecule has 2 fully saturated rings. The monoisotopic (exact) mass is 284 g/mol. The molecule has 1 saturated carbocycles. The molecule has 2 amide bonds. The van der Waals surface area contributed by atoms with E-state index in [1.807, 2.05) is 20.8 Å². The summed E-state index contributed by atoms with van der Waals surface area (Å²) in [6.07, 6.45) is 1.98. The van der Waals surface area contributed by atoms with Crippen molar-refractivity contribution in [3.8, 4) is 0 Å². The summed E-state index contributed by atoms with van der Waals surface area (Å²) in [5.41, 5.74) is -0.769. The number of nitrogens with zero attached hydrogens (tertiary/aromatic N) is 1. The highest BCUT2D eigenvalue weighted by molar-refractivity contribution is 6.29. The summed E-state index contributed by atoms with van der Waals surface area (Å²) in [5, 5.41) is 3.32. The maximum atomic E-state index is 12.7. The van der Waals surface area contributed by atoms with Gasteiger partial charge in [0.1, 0.15) is 11.6 Å². The third-order valence-electron chi connectivity index (χ3n) is 4.06. The Morgan fingerprint density at radius 2 is 2.11 bits per heavy atom. The Bertz CT molecular complexity index is 431. The minimum absolute atomic E-state index is 0.0323. The average molecular weight is 285 g/mol. The first-order valence-corrected chi connectivity index (χ1v) is 7.11. The number of amides is 2. The van der Waals surface area contributed by atoms with E-state index in [4.69, 9.17) is 11.6 Å². The predicted octanol–water partition coefficient (Wildman–Crippen LogP) is 1.89. The molecule has 2 rings (SSSR count). The predicted molar refractivity (Wildman–Crippen MR) is 74.6 cm³/mol. The fourth-order valence-corrected chi connectivity index (χ4v) is 3.03. The fraction of sp³-hybridized carbons (Fsp3) is 0.714. The Labute approximate surface area is 119 Å². The van der Waals surface area contributed by atoms with E-state index in [-0.39, 0.29) is 30.2 Å². The number of carbonyl (C=O) groups excluding carboxylic acids is 2. The lowest BCUT2D eigenvalue weighted by atomic mass is 9.86. The van der Waals surface area contributed by atoms with Crippen LogP contribution in [0.5, 0.6) is 0 Å². The number of carbonyl (C=O) groups is 2. The molecule has 106 valence electrons. The van der Waals surface area contributed by atoms with E-state index in [2.05, 4.69) is 11.9 Å². The van der Waals surface area contributed by atoms with E-state index in [1.54, 1.807) is 4.90 Å². The van der Waals surface area contributed by atoms with Crippen LogP contribution in [0.3, 0.4) is 0 Å². The maximum absolute atomic E-state index is 12.7. The van der Waals surface area contributed by atoms with Crippen LogP contribution in [0, 0.1) is 11.8 Å². The number of rotatable bonds is 4. The summed E-state index contributed by atoms with van der Waals surface area (Å²) in [6.45, 7) is 9.57. The molecule has 19 heavy (non-hydrogen) atoms. The molecule has 2 aliphatic rings. The molecule has 0 bridgehead atoms. The molecule has 0 aromatic rings. The van der Waals surface area contributed by atoms with Gasteiger partial charge in [-0.2, -0.15) is 0 Å². The van der Waals surface area contributed by atoms with E-state index >= 15 is 0 Å². The Hall–Kier alpha value is -1.03. The number of nitrogens with one attached hydrogen (secondary N) is 1. The third kappa shape index (κ3) is 2.50. The van der Waals surface area contributed by atoms with Crippen LogP contribution in [0.2, 0.25) is 0 Å². The van der Waals surface area contributed by atoms with Gasteiger partial charge in [-0.25, -0.2) is 0 Å². The van der Waals surface area contributed by atoms with Crippen molar-refractivity contribution >= 4 is 23.4 Å². The fourth-order valence-electron chi connectivity index (χ4n) is 2.90. The smallest absolute Gasteiger partial charge is 0.249 e. The molecule has 0 radical (unpaired) electrons. The topological polar surface area (TPSA) is 49.4 Å². The molecular weight excluding hydrogens is 264 g/mol. The van der Waals surface area contributed by atoms with Gasteiger partial charge in [-0.3, -0.25) is 9.59 Å². The van der Waals surface area contributed by atoms with Gasteiger partial charge in [-0.05, 0) is 31.6 Å². The molecular formula is C14H21ClN2O2. The SMILES string of the molecule is C=C(Cl)CN1C(=O)C(C)(C2CC2)NC(=O)C1C(C)C. The van der Waals surface area contributed by atoms with Crippen molar-refractivity contribution in [1.29, 1.82) is 0 Å². The minimum atomic E-state index is -0.769. The third-order valence-corrected chi connectivity index (χ3v) is 4.18. The number of hydrogen-bond acceptors (Lipinski definition) is 2. The molecule has 1 heterocycles. The zero-order valence-corrected chi connectivity index (χ0v) is 12.5. The second-order valence-corrected chi connectivity index (χ2v) is 6.64. The van der Waals surface area contributed by atoms with Gasteiger partial charge in [0.15, 0.2) is 0 Å². The van der Waals surface area contributed by atoms with Crippen LogP contribution >= 0.6 is 11.6 Å². The zero-order chi connectivity index (χ0) is 14.4. The lowest BCUT2D eigenvalue weighted by molar-refractivity contribution is -0.156. The second-order valence-electron chi connectivity index (χ2n) is 6.11. The van der Waals surface area contributed by atoms with Gasteiger partial charge < -0.3 is 10.2 Å². The molecule has 1 N–H and O–H groups in total. The van der Waals surface area contributed by atoms with Crippen LogP contribution < -0.4 is 5.32 Å². The van der Waals surface area contributed by atoms with Gasteiger partial charge in [-0.1, -0.05) is 32.0 Å². The van der Waals surface area contributed by atoms with Gasteiger partial charge in [0.2, 0.25) is 11.8 Å². The summed E-state index contributed by atoms with van der Waals surface area (Å²) in [7, 11) is 0. The standard InChI is InChI=1S/C14H21ClN2O2/c1-8(2)11-12(18)16-14(4,10-5-6-10)13(19)17(11)7-9(3)15/h8,10-11H,3,5-7H2,1-2,4H3,(H,16,18). The van der Waals surface area contributed by atoms with E-state index in [0.717, 1.165) is 12.8 Å². The normalized spacial score (nSPS) is 31.6. The molecule has 2 unspecified atom stereocenters. The zero-order valence-electron chi connectivity index (χ0n) is 11.7.